The Balaban J connectivity index is 1.89. The zero-order valence-electron chi connectivity index (χ0n) is 15.3. The number of amides is 2. The summed E-state index contributed by atoms with van der Waals surface area (Å²) in [5, 5.41) is 4.93. The van der Waals surface area contributed by atoms with Crippen molar-refractivity contribution in [2.45, 2.75) is 13.8 Å². The van der Waals surface area contributed by atoms with Crippen molar-refractivity contribution >= 4 is 23.2 Å². The molecule has 0 saturated carbocycles. The maximum atomic E-state index is 13.6. The van der Waals surface area contributed by atoms with E-state index in [0.717, 1.165) is 23.3 Å². The van der Waals surface area contributed by atoms with Gasteiger partial charge in [-0.1, -0.05) is 6.07 Å². The second-order valence-electron chi connectivity index (χ2n) is 6.51. The van der Waals surface area contributed by atoms with Crippen LogP contribution in [-0.4, -0.2) is 32.0 Å². The molecule has 8 heteroatoms. The van der Waals surface area contributed by atoms with Gasteiger partial charge in [0, 0.05) is 5.69 Å². The van der Waals surface area contributed by atoms with Crippen molar-refractivity contribution in [2.75, 3.05) is 30.8 Å². The molecule has 0 saturated heterocycles. The zero-order valence-corrected chi connectivity index (χ0v) is 15.3. The zero-order chi connectivity index (χ0) is 20.1. The highest BCUT2D eigenvalue weighted by atomic mass is 19.2. The van der Waals surface area contributed by atoms with Crippen LogP contribution >= 0.6 is 0 Å². The van der Waals surface area contributed by atoms with Crippen LogP contribution in [0.5, 0.6) is 0 Å². The molecule has 0 aliphatic rings. The number of halogens is 3. The molecule has 3 N–H and O–H groups in total. The summed E-state index contributed by atoms with van der Waals surface area (Å²) in [6.07, 6.45) is 0. The van der Waals surface area contributed by atoms with Crippen molar-refractivity contribution in [1.82, 2.24) is 0 Å². The van der Waals surface area contributed by atoms with Gasteiger partial charge in [-0.2, -0.15) is 0 Å². The van der Waals surface area contributed by atoms with Crippen LogP contribution in [0.25, 0.3) is 0 Å². The van der Waals surface area contributed by atoms with Gasteiger partial charge in [-0.15, -0.1) is 0 Å². The summed E-state index contributed by atoms with van der Waals surface area (Å²) in [6, 6.07) is 7.31. The third kappa shape index (κ3) is 5.82. The molecule has 2 aromatic carbocycles. The summed E-state index contributed by atoms with van der Waals surface area (Å²) in [4.78, 5) is 24.6. The van der Waals surface area contributed by atoms with E-state index in [0.29, 0.717) is 10.6 Å². The second-order valence-corrected chi connectivity index (χ2v) is 6.51. The van der Waals surface area contributed by atoms with E-state index >= 15 is 0 Å². The lowest BCUT2D eigenvalue weighted by atomic mass is 10.1. The van der Waals surface area contributed by atoms with E-state index in [-0.39, 0.29) is 19.0 Å². The molecule has 27 heavy (non-hydrogen) atoms. The third-order valence-electron chi connectivity index (χ3n) is 3.74. The Morgan fingerprint density at radius 2 is 1.44 bits per heavy atom. The largest absolute Gasteiger partial charge is 0.322 e. The van der Waals surface area contributed by atoms with E-state index < -0.39 is 29.0 Å². The summed E-state index contributed by atoms with van der Waals surface area (Å²) in [7, 11) is 1.61. The Hall–Kier alpha value is -2.87. The van der Waals surface area contributed by atoms with Gasteiger partial charge in [0.25, 0.3) is 11.8 Å². The molecule has 0 aliphatic carbocycles. The van der Waals surface area contributed by atoms with Crippen LogP contribution in [0.1, 0.15) is 11.1 Å². The maximum absolute atomic E-state index is 13.6. The molecule has 0 fully saturated rings. The fourth-order valence-corrected chi connectivity index (χ4v) is 2.68. The number of anilines is 2. The monoisotopic (exact) mass is 380 g/mol. The van der Waals surface area contributed by atoms with Gasteiger partial charge >= 0.3 is 0 Å². The lowest BCUT2D eigenvalue weighted by Gasteiger charge is -2.14. The molecule has 0 bridgehead atoms. The highest BCUT2D eigenvalue weighted by Gasteiger charge is 2.18. The first-order valence-corrected chi connectivity index (χ1v) is 8.28. The molecule has 0 aromatic heterocycles. The minimum atomic E-state index is -1.65. The number of carbonyl (C=O) groups is 2. The van der Waals surface area contributed by atoms with Crippen LogP contribution in [0.4, 0.5) is 24.5 Å². The van der Waals surface area contributed by atoms with Crippen molar-refractivity contribution in [3.63, 3.8) is 0 Å². The Kier molecular flexibility index (Phi) is 6.57. The summed E-state index contributed by atoms with van der Waals surface area (Å²) in [5.74, 6) is -5.37. The fraction of sp³-hybridized carbons (Fsp3) is 0.263. The molecule has 0 aliphatic heterocycles. The number of quaternary nitrogens is 1. The maximum Gasteiger partial charge on any atom is 0.279 e. The van der Waals surface area contributed by atoms with Crippen LogP contribution in [0.15, 0.2) is 30.3 Å². The first-order valence-electron chi connectivity index (χ1n) is 8.28. The van der Waals surface area contributed by atoms with E-state index in [9.17, 15) is 22.8 Å². The average molecular weight is 380 g/mol. The molecule has 2 rings (SSSR count). The van der Waals surface area contributed by atoms with E-state index in [1.54, 1.807) is 7.05 Å². The number of aryl methyl sites for hydroxylation is 2. The van der Waals surface area contributed by atoms with Crippen molar-refractivity contribution in [1.29, 1.82) is 0 Å². The second kappa shape index (κ2) is 8.68. The van der Waals surface area contributed by atoms with Gasteiger partial charge in [0.15, 0.2) is 30.5 Å². The summed E-state index contributed by atoms with van der Waals surface area (Å²) in [6.45, 7) is 3.68. The number of nitrogens with one attached hydrogen (secondary N) is 3. The topological polar surface area (TPSA) is 62.6 Å². The molecular formula is C19H21F3N3O2+. The van der Waals surface area contributed by atoms with Crippen LogP contribution in [0.3, 0.4) is 0 Å². The first kappa shape index (κ1) is 20.4. The molecule has 0 heterocycles. The highest BCUT2D eigenvalue weighted by Crippen LogP contribution is 2.19. The van der Waals surface area contributed by atoms with Gasteiger partial charge in [0.2, 0.25) is 0 Å². The fourth-order valence-electron chi connectivity index (χ4n) is 2.68. The van der Waals surface area contributed by atoms with E-state index in [1.165, 1.54) is 0 Å². The molecular weight excluding hydrogens is 359 g/mol. The number of likely N-dealkylation sites (N-methyl/N-ethyl adjacent to an activating group) is 1. The quantitative estimate of drug-likeness (QED) is 0.670. The van der Waals surface area contributed by atoms with Crippen LogP contribution in [-0.2, 0) is 9.59 Å². The summed E-state index contributed by atoms with van der Waals surface area (Å²) in [5.41, 5.74) is 2.24. The molecule has 0 spiro atoms. The smallest absolute Gasteiger partial charge is 0.279 e. The standard InChI is InChI=1S/C19H20F3N3O2/c1-11-6-12(2)8-13(7-11)23-16(26)9-25(3)10-17(27)24-15-5-4-14(20)18(21)19(15)22/h4-8H,9-10H2,1-3H3,(H,23,26)(H,24,27)/p+1. The Labute approximate surface area is 155 Å². The number of hydrogen-bond acceptors (Lipinski definition) is 2. The normalized spacial score (nSPS) is 11.8. The first-order chi connectivity index (χ1) is 12.7. The molecule has 144 valence electrons. The van der Waals surface area contributed by atoms with Crippen LogP contribution < -0.4 is 15.5 Å². The molecule has 0 radical (unpaired) electrons. The van der Waals surface area contributed by atoms with Crippen LogP contribution in [0, 0.1) is 31.3 Å². The molecule has 2 amide bonds. The number of hydrogen-bond donors (Lipinski definition) is 3. The minimum absolute atomic E-state index is 0.000665. The van der Waals surface area contributed by atoms with Gasteiger partial charge in [-0.05, 0) is 49.2 Å². The van der Waals surface area contributed by atoms with Crippen molar-refractivity contribution < 1.29 is 27.7 Å². The van der Waals surface area contributed by atoms with Gasteiger partial charge in [0.05, 0.1) is 12.7 Å². The number of benzene rings is 2. The third-order valence-corrected chi connectivity index (χ3v) is 3.74. The Morgan fingerprint density at radius 3 is 2.04 bits per heavy atom. The minimum Gasteiger partial charge on any atom is -0.322 e. The average Bonchev–Trinajstić information content (AvgIpc) is 2.54. The van der Waals surface area contributed by atoms with Gasteiger partial charge in [-0.3, -0.25) is 9.59 Å². The lowest BCUT2D eigenvalue weighted by molar-refractivity contribution is -0.862. The number of rotatable bonds is 6. The van der Waals surface area contributed by atoms with Crippen molar-refractivity contribution in [3.05, 3.63) is 58.9 Å². The van der Waals surface area contributed by atoms with Gasteiger partial charge < -0.3 is 15.5 Å². The summed E-state index contributed by atoms with van der Waals surface area (Å²) >= 11 is 0. The van der Waals surface area contributed by atoms with Crippen LogP contribution in [0.2, 0.25) is 0 Å². The van der Waals surface area contributed by atoms with Crippen molar-refractivity contribution in [3.8, 4) is 0 Å². The summed E-state index contributed by atoms with van der Waals surface area (Å²) < 4.78 is 39.7. The molecule has 5 nitrogen and oxygen atoms in total. The van der Waals surface area contributed by atoms with Gasteiger partial charge in [0.1, 0.15) is 0 Å². The number of carbonyl (C=O) groups excluding carboxylic acids is 2. The lowest BCUT2D eigenvalue weighted by Crippen LogP contribution is -3.11. The highest BCUT2D eigenvalue weighted by molar-refractivity contribution is 5.93. The van der Waals surface area contributed by atoms with E-state index in [1.807, 2.05) is 32.0 Å². The predicted octanol–water partition coefficient (Wildman–Crippen LogP) is 1.81. The Morgan fingerprint density at radius 1 is 0.889 bits per heavy atom. The van der Waals surface area contributed by atoms with E-state index in [4.69, 9.17) is 0 Å². The van der Waals surface area contributed by atoms with Gasteiger partial charge in [-0.25, -0.2) is 13.2 Å². The molecule has 1 unspecified atom stereocenters. The van der Waals surface area contributed by atoms with Crippen molar-refractivity contribution in [2.24, 2.45) is 0 Å². The SMILES string of the molecule is Cc1cc(C)cc(NC(=O)C[NH+](C)CC(=O)Nc2ccc(F)c(F)c2F)c1. The van der Waals surface area contributed by atoms with E-state index in [2.05, 4.69) is 10.6 Å². The Bertz CT molecular complexity index is 851. The predicted molar refractivity (Wildman–Crippen MR) is 96.1 cm³/mol. The molecule has 1 atom stereocenters. The molecule has 2 aromatic rings.